The van der Waals surface area contributed by atoms with Crippen molar-refractivity contribution >= 4 is 5.97 Å². The average Bonchev–Trinajstić information content (AvgIpc) is 3.03. The van der Waals surface area contributed by atoms with E-state index in [0.717, 1.165) is 0 Å². The number of benzene rings is 1. The standard InChI is InChI=1S/C12H13FO3/c1-2-16-11(15)12(5-6-12)9-7-8(13)3-4-10(9)14/h3-4,7,14H,2,5-6H2,1H3. The van der Waals surface area contributed by atoms with E-state index >= 15 is 0 Å². The van der Waals surface area contributed by atoms with E-state index in [-0.39, 0.29) is 18.3 Å². The zero-order chi connectivity index (χ0) is 11.8. The normalized spacial score (nSPS) is 16.9. The summed E-state index contributed by atoms with van der Waals surface area (Å²) in [5.74, 6) is -0.883. The van der Waals surface area contributed by atoms with Crippen molar-refractivity contribution in [1.82, 2.24) is 0 Å². The van der Waals surface area contributed by atoms with Gasteiger partial charge in [-0.2, -0.15) is 0 Å². The highest BCUT2D eigenvalue weighted by Gasteiger charge is 2.54. The minimum Gasteiger partial charge on any atom is -0.508 e. The molecule has 2 rings (SSSR count). The Balaban J connectivity index is 2.36. The van der Waals surface area contributed by atoms with Crippen LogP contribution in [-0.4, -0.2) is 17.7 Å². The summed E-state index contributed by atoms with van der Waals surface area (Å²) in [5, 5.41) is 9.65. The number of hydrogen-bond acceptors (Lipinski definition) is 3. The SMILES string of the molecule is CCOC(=O)C1(c2cc(F)ccc2O)CC1. The lowest BCUT2D eigenvalue weighted by Gasteiger charge is -2.15. The molecule has 1 aromatic rings. The molecule has 0 atom stereocenters. The number of esters is 1. The van der Waals surface area contributed by atoms with Gasteiger partial charge in [0.1, 0.15) is 11.6 Å². The van der Waals surface area contributed by atoms with E-state index in [9.17, 15) is 14.3 Å². The third kappa shape index (κ3) is 1.64. The van der Waals surface area contributed by atoms with Crippen LogP contribution in [0.25, 0.3) is 0 Å². The van der Waals surface area contributed by atoms with Crippen LogP contribution in [-0.2, 0) is 14.9 Å². The van der Waals surface area contributed by atoms with Crippen LogP contribution in [0.1, 0.15) is 25.3 Å². The second-order valence-electron chi connectivity index (χ2n) is 3.96. The molecule has 1 aliphatic rings. The molecule has 4 heteroatoms. The quantitative estimate of drug-likeness (QED) is 0.800. The molecule has 3 nitrogen and oxygen atoms in total. The average molecular weight is 224 g/mol. The van der Waals surface area contributed by atoms with Crippen molar-refractivity contribution in [2.75, 3.05) is 6.61 Å². The summed E-state index contributed by atoms with van der Waals surface area (Å²) in [6.45, 7) is 2.01. The van der Waals surface area contributed by atoms with Gasteiger partial charge < -0.3 is 9.84 Å². The van der Waals surface area contributed by atoms with Crippen LogP contribution in [0.2, 0.25) is 0 Å². The highest BCUT2D eigenvalue weighted by molar-refractivity contribution is 5.87. The van der Waals surface area contributed by atoms with Gasteiger partial charge in [0.05, 0.1) is 12.0 Å². The topological polar surface area (TPSA) is 46.5 Å². The van der Waals surface area contributed by atoms with Gasteiger partial charge in [-0.1, -0.05) is 0 Å². The molecule has 0 radical (unpaired) electrons. The number of phenols is 1. The Bertz CT molecular complexity index is 424. The fourth-order valence-electron chi connectivity index (χ4n) is 1.87. The van der Waals surface area contributed by atoms with Gasteiger partial charge in [0.25, 0.3) is 0 Å². The molecular weight excluding hydrogens is 211 g/mol. The first-order valence-corrected chi connectivity index (χ1v) is 5.26. The van der Waals surface area contributed by atoms with Crippen LogP contribution in [0.5, 0.6) is 5.75 Å². The lowest BCUT2D eigenvalue weighted by Crippen LogP contribution is -2.23. The monoisotopic (exact) mass is 224 g/mol. The fraction of sp³-hybridized carbons (Fsp3) is 0.417. The van der Waals surface area contributed by atoms with Crippen LogP contribution in [0.4, 0.5) is 4.39 Å². The van der Waals surface area contributed by atoms with Gasteiger partial charge in [-0.25, -0.2) is 4.39 Å². The zero-order valence-electron chi connectivity index (χ0n) is 9.00. The Labute approximate surface area is 92.9 Å². The van der Waals surface area contributed by atoms with Crippen molar-refractivity contribution in [3.63, 3.8) is 0 Å². The molecule has 0 spiro atoms. The third-order valence-corrected chi connectivity index (χ3v) is 2.89. The van der Waals surface area contributed by atoms with Crippen LogP contribution < -0.4 is 0 Å². The number of carbonyl (C=O) groups excluding carboxylic acids is 1. The van der Waals surface area contributed by atoms with Crippen molar-refractivity contribution in [3.8, 4) is 5.75 Å². The minimum atomic E-state index is -0.817. The second-order valence-corrected chi connectivity index (χ2v) is 3.96. The Kier molecular flexibility index (Phi) is 2.58. The number of phenolic OH excluding ortho intramolecular Hbond substituents is 1. The highest BCUT2D eigenvalue weighted by Crippen LogP contribution is 2.52. The predicted molar refractivity (Wildman–Crippen MR) is 55.6 cm³/mol. The number of carbonyl (C=O) groups is 1. The summed E-state index contributed by atoms with van der Waals surface area (Å²) in [4.78, 5) is 11.7. The minimum absolute atomic E-state index is 0.0491. The van der Waals surface area contributed by atoms with E-state index < -0.39 is 11.2 Å². The molecule has 86 valence electrons. The molecule has 0 heterocycles. The maximum Gasteiger partial charge on any atom is 0.316 e. The molecule has 1 fully saturated rings. The van der Waals surface area contributed by atoms with Crippen molar-refractivity contribution < 1.29 is 19.0 Å². The smallest absolute Gasteiger partial charge is 0.316 e. The van der Waals surface area contributed by atoms with E-state index in [2.05, 4.69) is 0 Å². The van der Waals surface area contributed by atoms with E-state index in [4.69, 9.17) is 4.74 Å². The number of aromatic hydroxyl groups is 1. The third-order valence-electron chi connectivity index (χ3n) is 2.89. The van der Waals surface area contributed by atoms with Gasteiger partial charge in [-0.15, -0.1) is 0 Å². The van der Waals surface area contributed by atoms with Crippen LogP contribution in [0, 0.1) is 5.82 Å². The van der Waals surface area contributed by atoms with Gasteiger partial charge in [0, 0.05) is 5.56 Å². The van der Waals surface area contributed by atoms with Gasteiger partial charge in [0.15, 0.2) is 0 Å². The molecule has 1 N–H and O–H groups in total. The molecule has 1 aromatic carbocycles. The van der Waals surface area contributed by atoms with Crippen LogP contribution in [0.3, 0.4) is 0 Å². The maximum atomic E-state index is 13.1. The molecule has 0 bridgehead atoms. The Morgan fingerprint density at radius 2 is 2.25 bits per heavy atom. The molecule has 0 unspecified atom stereocenters. The van der Waals surface area contributed by atoms with Crippen molar-refractivity contribution in [2.24, 2.45) is 0 Å². The highest BCUT2D eigenvalue weighted by atomic mass is 19.1. The predicted octanol–water partition coefficient (Wildman–Crippen LogP) is 2.13. The summed E-state index contributed by atoms with van der Waals surface area (Å²) in [7, 11) is 0. The Morgan fingerprint density at radius 1 is 1.56 bits per heavy atom. The van der Waals surface area contributed by atoms with Crippen molar-refractivity contribution in [3.05, 3.63) is 29.6 Å². The molecule has 0 aliphatic heterocycles. The van der Waals surface area contributed by atoms with E-state index in [1.165, 1.54) is 18.2 Å². The molecular formula is C12H13FO3. The van der Waals surface area contributed by atoms with Crippen molar-refractivity contribution in [1.29, 1.82) is 0 Å². The molecule has 0 aromatic heterocycles. The van der Waals surface area contributed by atoms with Crippen LogP contribution in [0.15, 0.2) is 18.2 Å². The molecule has 16 heavy (non-hydrogen) atoms. The first-order chi connectivity index (χ1) is 7.60. The van der Waals surface area contributed by atoms with E-state index in [1.807, 2.05) is 0 Å². The Hall–Kier alpha value is -1.58. The van der Waals surface area contributed by atoms with Crippen LogP contribution >= 0.6 is 0 Å². The van der Waals surface area contributed by atoms with Gasteiger partial charge >= 0.3 is 5.97 Å². The van der Waals surface area contributed by atoms with Crippen molar-refractivity contribution in [2.45, 2.75) is 25.2 Å². The fourth-order valence-corrected chi connectivity index (χ4v) is 1.87. The first-order valence-electron chi connectivity index (χ1n) is 5.26. The van der Waals surface area contributed by atoms with E-state index in [0.29, 0.717) is 18.4 Å². The zero-order valence-corrected chi connectivity index (χ0v) is 9.00. The summed E-state index contributed by atoms with van der Waals surface area (Å²) < 4.78 is 18.0. The second kappa shape index (κ2) is 3.77. The molecule has 0 saturated heterocycles. The number of ether oxygens (including phenoxy) is 1. The summed E-state index contributed by atoms with van der Waals surface area (Å²) in [6, 6.07) is 3.64. The Morgan fingerprint density at radius 3 is 2.81 bits per heavy atom. The summed E-state index contributed by atoms with van der Waals surface area (Å²) in [5.41, 5.74) is -0.478. The molecule has 0 amide bonds. The van der Waals surface area contributed by atoms with E-state index in [1.54, 1.807) is 6.92 Å². The first kappa shape index (κ1) is 10.9. The van der Waals surface area contributed by atoms with Gasteiger partial charge in [-0.05, 0) is 38.0 Å². The van der Waals surface area contributed by atoms with Gasteiger partial charge in [0.2, 0.25) is 0 Å². The molecule has 1 aliphatic carbocycles. The summed E-state index contributed by atoms with van der Waals surface area (Å²) >= 11 is 0. The number of hydrogen-bond donors (Lipinski definition) is 1. The lowest BCUT2D eigenvalue weighted by atomic mass is 9.95. The lowest BCUT2D eigenvalue weighted by molar-refractivity contribution is -0.146. The number of halogens is 1. The molecule has 1 saturated carbocycles. The summed E-state index contributed by atoms with van der Waals surface area (Å²) in [6.07, 6.45) is 1.20. The maximum absolute atomic E-state index is 13.1. The largest absolute Gasteiger partial charge is 0.508 e. The van der Waals surface area contributed by atoms with Gasteiger partial charge in [-0.3, -0.25) is 4.79 Å². The number of rotatable bonds is 3.